The normalized spacial score (nSPS) is 17.0. The average molecular weight is 427 g/mol. The predicted molar refractivity (Wildman–Crippen MR) is 116 cm³/mol. The molecule has 3 heterocycles. The van der Waals surface area contributed by atoms with Gasteiger partial charge in [-0.1, -0.05) is 37.6 Å². The minimum Gasteiger partial charge on any atom is -0.445 e. The summed E-state index contributed by atoms with van der Waals surface area (Å²) >= 11 is 5.96. The van der Waals surface area contributed by atoms with Crippen molar-refractivity contribution in [1.82, 2.24) is 19.7 Å². The van der Waals surface area contributed by atoms with Gasteiger partial charge in [-0.05, 0) is 42.5 Å². The Labute approximate surface area is 181 Å². The van der Waals surface area contributed by atoms with Gasteiger partial charge in [0.15, 0.2) is 5.89 Å². The molecule has 0 aliphatic carbocycles. The number of aryl methyl sites for hydroxylation is 1. The lowest BCUT2D eigenvalue weighted by Crippen LogP contribution is -2.40. The van der Waals surface area contributed by atoms with Gasteiger partial charge in [-0.15, -0.1) is 0 Å². The number of rotatable bonds is 5. The summed E-state index contributed by atoms with van der Waals surface area (Å²) in [6, 6.07) is 9.64. The van der Waals surface area contributed by atoms with Crippen LogP contribution in [0.1, 0.15) is 71.9 Å². The van der Waals surface area contributed by atoms with Gasteiger partial charge in [-0.3, -0.25) is 9.48 Å². The molecule has 0 spiro atoms. The zero-order chi connectivity index (χ0) is 21.3. The molecule has 1 atom stereocenters. The zero-order valence-corrected chi connectivity index (χ0v) is 18.4. The van der Waals surface area contributed by atoms with Gasteiger partial charge in [0.25, 0.3) is 5.91 Å². The maximum absolute atomic E-state index is 13.1. The van der Waals surface area contributed by atoms with Gasteiger partial charge in [-0.2, -0.15) is 5.10 Å². The largest absolute Gasteiger partial charge is 0.445 e. The summed E-state index contributed by atoms with van der Waals surface area (Å²) < 4.78 is 7.74. The van der Waals surface area contributed by atoms with E-state index in [1.807, 2.05) is 42.3 Å². The highest BCUT2D eigenvalue weighted by Gasteiger charge is 2.30. The molecule has 0 saturated carbocycles. The Bertz CT molecular complexity index is 1020. The van der Waals surface area contributed by atoms with E-state index in [-0.39, 0.29) is 11.8 Å². The number of hydrogen-bond donors (Lipinski definition) is 0. The van der Waals surface area contributed by atoms with Crippen molar-refractivity contribution in [2.75, 3.05) is 13.1 Å². The van der Waals surface area contributed by atoms with Gasteiger partial charge in [0.1, 0.15) is 11.5 Å². The second kappa shape index (κ2) is 8.64. The van der Waals surface area contributed by atoms with Crippen molar-refractivity contribution in [2.45, 2.75) is 44.9 Å². The summed E-state index contributed by atoms with van der Waals surface area (Å²) in [6.07, 6.45) is 4.36. The molecule has 1 saturated heterocycles. The smallest absolute Gasteiger partial charge is 0.272 e. The molecule has 1 aliphatic rings. The van der Waals surface area contributed by atoms with Crippen molar-refractivity contribution >= 4 is 17.5 Å². The number of hydrogen-bond acceptors (Lipinski definition) is 4. The number of likely N-dealkylation sites (tertiary alicyclic amines) is 1. The van der Waals surface area contributed by atoms with Crippen LogP contribution >= 0.6 is 11.6 Å². The van der Waals surface area contributed by atoms with Gasteiger partial charge in [0, 0.05) is 31.6 Å². The van der Waals surface area contributed by atoms with Crippen molar-refractivity contribution in [2.24, 2.45) is 7.05 Å². The van der Waals surface area contributed by atoms with E-state index in [0.29, 0.717) is 30.5 Å². The number of oxazole rings is 1. The first-order valence-corrected chi connectivity index (χ1v) is 10.8. The molecule has 0 radical (unpaired) electrons. The Hall–Kier alpha value is -2.60. The molecule has 158 valence electrons. The molecule has 1 fully saturated rings. The third-order valence-electron chi connectivity index (χ3n) is 5.63. The van der Waals surface area contributed by atoms with Crippen LogP contribution in [-0.4, -0.2) is 38.7 Å². The molecule has 6 nitrogen and oxygen atoms in total. The van der Waals surface area contributed by atoms with Crippen molar-refractivity contribution in [1.29, 1.82) is 0 Å². The summed E-state index contributed by atoms with van der Waals surface area (Å²) in [5.74, 6) is 1.96. The van der Waals surface area contributed by atoms with Crippen molar-refractivity contribution in [3.05, 3.63) is 70.2 Å². The molecule has 0 unspecified atom stereocenters. The van der Waals surface area contributed by atoms with Crippen LogP contribution in [0.5, 0.6) is 0 Å². The first kappa shape index (κ1) is 20.7. The monoisotopic (exact) mass is 426 g/mol. The number of halogens is 1. The Balaban J connectivity index is 1.44. The maximum atomic E-state index is 13.1. The number of piperidine rings is 1. The highest BCUT2D eigenvalue weighted by molar-refractivity contribution is 6.30. The van der Waals surface area contributed by atoms with E-state index in [1.165, 1.54) is 0 Å². The van der Waals surface area contributed by atoms with Gasteiger partial charge in [0.2, 0.25) is 0 Å². The highest BCUT2D eigenvalue weighted by Crippen LogP contribution is 2.28. The molecule has 0 N–H and O–H groups in total. The van der Waals surface area contributed by atoms with E-state index in [0.717, 1.165) is 41.4 Å². The third-order valence-corrected chi connectivity index (χ3v) is 5.88. The Kier molecular flexibility index (Phi) is 5.95. The topological polar surface area (TPSA) is 64.2 Å². The van der Waals surface area contributed by atoms with Gasteiger partial charge >= 0.3 is 0 Å². The van der Waals surface area contributed by atoms with E-state index in [9.17, 15) is 4.79 Å². The summed E-state index contributed by atoms with van der Waals surface area (Å²) in [5.41, 5.74) is 2.70. The SMILES string of the molecule is CC(C)c1cc(C(=O)N2CCC[C@H](c3ncc(Cc4ccc(Cl)cc4)o3)C2)n(C)n1. The molecular weight excluding hydrogens is 400 g/mol. The van der Waals surface area contributed by atoms with Crippen LogP contribution in [-0.2, 0) is 13.5 Å². The Morgan fingerprint density at radius 1 is 1.30 bits per heavy atom. The fourth-order valence-corrected chi connectivity index (χ4v) is 4.02. The Morgan fingerprint density at radius 2 is 2.07 bits per heavy atom. The van der Waals surface area contributed by atoms with Crippen LogP contribution in [0.3, 0.4) is 0 Å². The van der Waals surface area contributed by atoms with Crippen LogP contribution in [0.15, 0.2) is 40.9 Å². The lowest BCUT2D eigenvalue weighted by Gasteiger charge is -2.31. The predicted octanol–water partition coefficient (Wildman–Crippen LogP) is 4.80. The molecule has 1 aromatic carbocycles. The fourth-order valence-electron chi connectivity index (χ4n) is 3.89. The number of carbonyl (C=O) groups is 1. The van der Waals surface area contributed by atoms with Crippen LogP contribution in [0.2, 0.25) is 5.02 Å². The third kappa shape index (κ3) is 4.43. The number of benzene rings is 1. The lowest BCUT2D eigenvalue weighted by molar-refractivity contribution is 0.0686. The minimum absolute atomic E-state index is 0.0227. The summed E-state index contributed by atoms with van der Waals surface area (Å²) in [7, 11) is 1.83. The van der Waals surface area contributed by atoms with E-state index in [1.54, 1.807) is 10.9 Å². The molecular formula is C23H27ClN4O2. The standard InChI is InChI=1S/C23H27ClN4O2/c1-15(2)20-12-21(27(3)26-20)23(29)28-10-4-5-17(14-28)22-25-13-19(30-22)11-16-6-8-18(24)9-7-16/h6-9,12-13,15,17H,4-5,10-11,14H2,1-3H3/t17-/m0/s1. The van der Waals surface area contributed by atoms with Crippen molar-refractivity contribution in [3.8, 4) is 0 Å². The molecule has 1 aliphatic heterocycles. The summed E-state index contributed by atoms with van der Waals surface area (Å²) in [5, 5.41) is 5.20. The molecule has 30 heavy (non-hydrogen) atoms. The van der Waals surface area contributed by atoms with Gasteiger partial charge in [-0.25, -0.2) is 4.98 Å². The van der Waals surface area contributed by atoms with E-state index < -0.39 is 0 Å². The van der Waals surface area contributed by atoms with E-state index >= 15 is 0 Å². The Morgan fingerprint density at radius 3 is 2.77 bits per heavy atom. The van der Waals surface area contributed by atoms with E-state index in [4.69, 9.17) is 16.0 Å². The minimum atomic E-state index is 0.0227. The number of amides is 1. The highest BCUT2D eigenvalue weighted by atomic mass is 35.5. The first-order valence-electron chi connectivity index (χ1n) is 10.4. The van der Waals surface area contributed by atoms with Crippen molar-refractivity contribution < 1.29 is 9.21 Å². The average Bonchev–Trinajstić information content (AvgIpc) is 3.36. The molecule has 4 rings (SSSR count). The number of nitrogens with zero attached hydrogens (tertiary/aromatic N) is 4. The quantitative estimate of drug-likeness (QED) is 0.588. The molecule has 3 aromatic rings. The molecule has 2 aromatic heterocycles. The number of aromatic nitrogens is 3. The number of carbonyl (C=O) groups excluding carboxylic acids is 1. The summed E-state index contributed by atoms with van der Waals surface area (Å²) in [6.45, 7) is 5.52. The fraction of sp³-hybridized carbons (Fsp3) is 0.435. The maximum Gasteiger partial charge on any atom is 0.272 e. The second-order valence-electron chi connectivity index (χ2n) is 8.29. The second-order valence-corrected chi connectivity index (χ2v) is 8.73. The van der Waals surface area contributed by atoms with Crippen LogP contribution in [0.25, 0.3) is 0 Å². The van der Waals surface area contributed by atoms with Gasteiger partial charge < -0.3 is 9.32 Å². The summed E-state index contributed by atoms with van der Waals surface area (Å²) in [4.78, 5) is 19.5. The lowest BCUT2D eigenvalue weighted by atomic mass is 9.97. The molecule has 0 bridgehead atoms. The zero-order valence-electron chi connectivity index (χ0n) is 17.6. The molecule has 7 heteroatoms. The molecule has 1 amide bonds. The van der Waals surface area contributed by atoms with Crippen LogP contribution in [0, 0.1) is 0 Å². The van der Waals surface area contributed by atoms with E-state index in [2.05, 4.69) is 23.9 Å². The van der Waals surface area contributed by atoms with Crippen molar-refractivity contribution in [3.63, 3.8) is 0 Å². The van der Waals surface area contributed by atoms with Crippen LogP contribution in [0.4, 0.5) is 0 Å². The van der Waals surface area contributed by atoms with Gasteiger partial charge in [0.05, 0.1) is 17.8 Å². The first-order chi connectivity index (χ1) is 14.4. The van der Waals surface area contributed by atoms with Crippen LogP contribution < -0.4 is 0 Å².